The maximum absolute atomic E-state index is 3.84. The van der Waals surface area contributed by atoms with Crippen LogP contribution in [0.2, 0.25) is 0 Å². The molecule has 0 radical (unpaired) electrons. The molecule has 1 atom stereocenters. The van der Waals surface area contributed by atoms with Crippen LogP contribution in [0.25, 0.3) is 0 Å². The largest absolute Gasteiger partial charge is 0.319 e. The summed E-state index contributed by atoms with van der Waals surface area (Å²) in [6.45, 7) is 9.08. The smallest absolute Gasteiger partial charge is 0.00170 e. The van der Waals surface area contributed by atoms with Crippen LogP contribution in [0.3, 0.4) is 0 Å². The average molecular weight is 179 g/mol. The Morgan fingerprint density at radius 3 is 2.62 bits per heavy atom. The van der Waals surface area contributed by atoms with E-state index in [0.717, 1.165) is 13.0 Å². The predicted molar refractivity (Wildman–Crippen MR) is 60.8 cm³/mol. The summed E-state index contributed by atoms with van der Waals surface area (Å²) in [5.41, 5.74) is 1.31. The molecule has 0 fully saturated rings. The van der Waals surface area contributed by atoms with E-state index in [2.05, 4.69) is 31.0 Å². The normalized spacial score (nSPS) is 14.8. The molecule has 0 heterocycles. The van der Waals surface area contributed by atoms with Gasteiger partial charge in [0.1, 0.15) is 0 Å². The van der Waals surface area contributed by atoms with Crippen molar-refractivity contribution >= 4 is 0 Å². The second kappa shape index (κ2) is 7.81. The summed E-state index contributed by atoms with van der Waals surface area (Å²) in [5, 5.41) is 3.20. The number of nitrogens with one attached hydrogen (secondary N) is 1. The van der Waals surface area contributed by atoms with E-state index >= 15 is 0 Å². The summed E-state index contributed by atoms with van der Waals surface area (Å²) in [4.78, 5) is 0. The van der Waals surface area contributed by atoms with Crippen LogP contribution in [0.15, 0.2) is 36.5 Å². The number of rotatable bonds is 6. The monoisotopic (exact) mass is 179 g/mol. The molecule has 1 heteroatoms. The zero-order valence-electron chi connectivity index (χ0n) is 9.01. The van der Waals surface area contributed by atoms with Gasteiger partial charge in [0.2, 0.25) is 0 Å². The van der Waals surface area contributed by atoms with E-state index in [1.165, 1.54) is 5.57 Å². The van der Waals surface area contributed by atoms with Gasteiger partial charge in [0, 0.05) is 6.54 Å². The highest BCUT2D eigenvalue weighted by Gasteiger charge is 2.06. The predicted octanol–water partition coefficient (Wildman–Crippen LogP) is 2.92. The quantitative estimate of drug-likeness (QED) is 0.618. The third-order valence-corrected chi connectivity index (χ3v) is 2.13. The molecule has 0 aromatic heterocycles. The minimum Gasteiger partial charge on any atom is -0.319 e. The summed E-state index contributed by atoms with van der Waals surface area (Å²) >= 11 is 0. The molecule has 0 rings (SSSR count). The standard InChI is InChI=1S/C12H21N/c1-5-8-9-11(6-2)12(7-3)10-13-4/h5-6,8-9,12-13H,2,7,10H2,1,3-4H3/b8-5-,11-9+. The van der Waals surface area contributed by atoms with Gasteiger partial charge in [-0.25, -0.2) is 0 Å². The van der Waals surface area contributed by atoms with Crippen molar-refractivity contribution in [3.05, 3.63) is 36.5 Å². The molecule has 0 bridgehead atoms. The van der Waals surface area contributed by atoms with Crippen LogP contribution in [-0.4, -0.2) is 13.6 Å². The Labute approximate surface area is 82.2 Å². The van der Waals surface area contributed by atoms with Gasteiger partial charge in [-0.05, 0) is 31.9 Å². The molecule has 0 aliphatic rings. The van der Waals surface area contributed by atoms with Gasteiger partial charge in [-0.15, -0.1) is 0 Å². The molecule has 13 heavy (non-hydrogen) atoms. The molecule has 1 unspecified atom stereocenters. The van der Waals surface area contributed by atoms with Gasteiger partial charge in [0.15, 0.2) is 0 Å². The molecule has 0 amide bonds. The first-order chi connectivity index (χ1) is 6.29. The third-order valence-electron chi connectivity index (χ3n) is 2.13. The van der Waals surface area contributed by atoms with E-state index in [-0.39, 0.29) is 0 Å². The van der Waals surface area contributed by atoms with Gasteiger partial charge in [0.25, 0.3) is 0 Å². The van der Waals surface area contributed by atoms with Gasteiger partial charge >= 0.3 is 0 Å². The fourth-order valence-electron chi connectivity index (χ4n) is 1.32. The number of hydrogen-bond donors (Lipinski definition) is 1. The highest BCUT2D eigenvalue weighted by Crippen LogP contribution is 2.15. The minimum absolute atomic E-state index is 0.582. The van der Waals surface area contributed by atoms with E-state index in [1.54, 1.807) is 0 Å². The molecule has 0 aromatic carbocycles. The van der Waals surface area contributed by atoms with Crippen molar-refractivity contribution in [3.63, 3.8) is 0 Å². The highest BCUT2D eigenvalue weighted by molar-refractivity contribution is 5.24. The van der Waals surface area contributed by atoms with E-state index in [0.29, 0.717) is 5.92 Å². The van der Waals surface area contributed by atoms with Crippen LogP contribution in [0, 0.1) is 5.92 Å². The molecule has 0 aliphatic heterocycles. The lowest BCUT2D eigenvalue weighted by molar-refractivity contribution is 0.562. The van der Waals surface area contributed by atoms with Gasteiger partial charge in [-0.1, -0.05) is 37.8 Å². The fourth-order valence-corrected chi connectivity index (χ4v) is 1.32. The zero-order valence-corrected chi connectivity index (χ0v) is 9.01. The first kappa shape index (κ1) is 12.2. The molecule has 74 valence electrons. The van der Waals surface area contributed by atoms with Crippen LogP contribution in [-0.2, 0) is 0 Å². The fraction of sp³-hybridized carbons (Fsp3) is 0.500. The first-order valence-electron chi connectivity index (χ1n) is 4.90. The molecule has 1 N–H and O–H groups in total. The van der Waals surface area contributed by atoms with Crippen molar-refractivity contribution in [2.45, 2.75) is 20.3 Å². The second-order valence-electron chi connectivity index (χ2n) is 3.06. The van der Waals surface area contributed by atoms with Crippen LogP contribution < -0.4 is 5.32 Å². The maximum Gasteiger partial charge on any atom is 0.00170 e. The van der Waals surface area contributed by atoms with Crippen LogP contribution in [0.4, 0.5) is 0 Å². The Balaban J connectivity index is 4.41. The summed E-state index contributed by atoms with van der Waals surface area (Å²) in [6.07, 6.45) is 9.34. The number of allylic oxidation sites excluding steroid dienone is 4. The molecular weight excluding hydrogens is 158 g/mol. The lowest BCUT2D eigenvalue weighted by Gasteiger charge is -2.14. The second-order valence-corrected chi connectivity index (χ2v) is 3.06. The van der Waals surface area contributed by atoms with Crippen molar-refractivity contribution in [1.82, 2.24) is 5.32 Å². The Kier molecular flexibility index (Phi) is 7.32. The minimum atomic E-state index is 0.582. The highest BCUT2D eigenvalue weighted by atomic mass is 14.8. The van der Waals surface area contributed by atoms with Crippen molar-refractivity contribution in [2.75, 3.05) is 13.6 Å². The van der Waals surface area contributed by atoms with Crippen molar-refractivity contribution in [1.29, 1.82) is 0 Å². The molecule has 0 spiro atoms. The topological polar surface area (TPSA) is 12.0 Å². The van der Waals surface area contributed by atoms with Crippen molar-refractivity contribution in [2.24, 2.45) is 5.92 Å². The van der Waals surface area contributed by atoms with E-state index < -0.39 is 0 Å². The number of hydrogen-bond acceptors (Lipinski definition) is 1. The van der Waals surface area contributed by atoms with E-state index in [9.17, 15) is 0 Å². The Morgan fingerprint density at radius 1 is 1.54 bits per heavy atom. The average Bonchev–Trinajstić information content (AvgIpc) is 2.17. The summed E-state index contributed by atoms with van der Waals surface area (Å²) in [5.74, 6) is 0.582. The van der Waals surface area contributed by atoms with Gasteiger partial charge in [-0.2, -0.15) is 0 Å². The van der Waals surface area contributed by atoms with Gasteiger partial charge in [-0.3, -0.25) is 0 Å². The summed E-state index contributed by atoms with van der Waals surface area (Å²) in [7, 11) is 1.99. The maximum atomic E-state index is 3.84. The summed E-state index contributed by atoms with van der Waals surface area (Å²) in [6, 6.07) is 0. The molecule has 0 saturated heterocycles. The molecule has 0 aromatic rings. The Morgan fingerprint density at radius 2 is 2.23 bits per heavy atom. The first-order valence-corrected chi connectivity index (χ1v) is 4.90. The van der Waals surface area contributed by atoms with Crippen molar-refractivity contribution in [3.8, 4) is 0 Å². The zero-order chi connectivity index (χ0) is 10.1. The van der Waals surface area contributed by atoms with Crippen LogP contribution >= 0.6 is 0 Å². The SMILES string of the molecule is C=C/C(=C\C=C/C)C(CC)CNC. The molecule has 0 aliphatic carbocycles. The van der Waals surface area contributed by atoms with Crippen LogP contribution in [0.5, 0.6) is 0 Å². The molecule has 1 nitrogen and oxygen atoms in total. The van der Waals surface area contributed by atoms with Gasteiger partial charge < -0.3 is 5.32 Å². The summed E-state index contributed by atoms with van der Waals surface area (Å²) < 4.78 is 0. The lowest BCUT2D eigenvalue weighted by atomic mass is 9.96. The lowest BCUT2D eigenvalue weighted by Crippen LogP contribution is -2.19. The third kappa shape index (κ3) is 4.69. The Bertz CT molecular complexity index is 189. The Hall–Kier alpha value is -0.820. The molecular formula is C12H21N. The van der Waals surface area contributed by atoms with Gasteiger partial charge in [0.05, 0.1) is 0 Å². The van der Waals surface area contributed by atoms with Crippen LogP contribution in [0.1, 0.15) is 20.3 Å². The van der Waals surface area contributed by atoms with Crippen molar-refractivity contribution < 1.29 is 0 Å². The van der Waals surface area contributed by atoms with E-state index in [1.807, 2.05) is 26.1 Å². The van der Waals surface area contributed by atoms with E-state index in [4.69, 9.17) is 0 Å². The molecule has 0 saturated carbocycles.